The maximum absolute atomic E-state index is 12.5. The molecule has 0 aliphatic rings. The molecule has 0 saturated heterocycles. The van der Waals surface area contributed by atoms with Crippen LogP contribution in [-0.4, -0.2) is 28.9 Å². The summed E-state index contributed by atoms with van der Waals surface area (Å²) in [5.74, 6) is 6.88. The zero-order chi connectivity index (χ0) is 22.0. The topological polar surface area (TPSA) is 90.5 Å². The number of nitrogens with one attached hydrogen (secondary N) is 1. The van der Waals surface area contributed by atoms with Crippen molar-refractivity contribution in [1.82, 2.24) is 28.9 Å². The molecule has 8 nitrogen and oxygen atoms in total. The Kier molecular flexibility index (Phi) is 5.58. The minimum atomic E-state index is -0.449. The minimum absolute atomic E-state index is 0.395. The molecule has 0 spiro atoms. The van der Waals surface area contributed by atoms with Gasteiger partial charge in [-0.15, -0.1) is 0 Å². The zero-order valence-electron chi connectivity index (χ0n) is 17.8. The molecular formula is C23H24N6O2. The van der Waals surface area contributed by atoms with Gasteiger partial charge in [0.15, 0.2) is 11.2 Å². The Balaban J connectivity index is 1.71. The third kappa shape index (κ3) is 3.94. The Morgan fingerprint density at radius 3 is 2.58 bits per heavy atom. The summed E-state index contributed by atoms with van der Waals surface area (Å²) in [5, 5.41) is 4.40. The Hall–Kier alpha value is -3.86. The largest absolute Gasteiger partial charge is 0.330 e. The van der Waals surface area contributed by atoms with E-state index in [1.807, 2.05) is 55.8 Å². The van der Waals surface area contributed by atoms with Gasteiger partial charge < -0.3 is 4.57 Å². The highest BCUT2D eigenvalue weighted by molar-refractivity contribution is 5.76. The van der Waals surface area contributed by atoms with Crippen molar-refractivity contribution in [2.75, 3.05) is 0 Å². The van der Waals surface area contributed by atoms with Crippen LogP contribution in [0.4, 0.5) is 0 Å². The fraction of sp³-hybridized carbons (Fsp3) is 0.304. The standard InChI is InChI=1S/C23H24N6O2/c1-4-12-29-19-21(28(5-2)23(31)26-22(19)30)25-20(29)18-14-24-27(15-18)13-6-7-17-10-8-16(3)9-11-17/h8-11,14-15H,4-5,12-13H2,1-3H3,(H,26,30,31). The molecule has 0 atom stereocenters. The second-order valence-corrected chi connectivity index (χ2v) is 7.36. The number of aryl methyl sites for hydroxylation is 3. The van der Waals surface area contributed by atoms with Crippen LogP contribution in [0.25, 0.3) is 22.6 Å². The molecule has 0 aliphatic carbocycles. The van der Waals surface area contributed by atoms with E-state index < -0.39 is 11.2 Å². The summed E-state index contributed by atoms with van der Waals surface area (Å²) in [6.07, 6.45) is 4.39. The molecule has 0 amide bonds. The highest BCUT2D eigenvalue weighted by Gasteiger charge is 2.19. The van der Waals surface area contributed by atoms with Gasteiger partial charge >= 0.3 is 5.69 Å². The van der Waals surface area contributed by atoms with E-state index in [1.165, 1.54) is 10.1 Å². The molecule has 0 unspecified atom stereocenters. The van der Waals surface area contributed by atoms with E-state index in [0.29, 0.717) is 36.6 Å². The van der Waals surface area contributed by atoms with Crippen LogP contribution in [-0.2, 0) is 19.6 Å². The van der Waals surface area contributed by atoms with Crippen molar-refractivity contribution >= 4 is 11.2 Å². The van der Waals surface area contributed by atoms with E-state index in [9.17, 15) is 9.59 Å². The second kappa shape index (κ2) is 8.48. The van der Waals surface area contributed by atoms with E-state index in [0.717, 1.165) is 17.5 Å². The lowest BCUT2D eigenvalue weighted by Crippen LogP contribution is -2.30. The monoisotopic (exact) mass is 416 g/mol. The van der Waals surface area contributed by atoms with Crippen molar-refractivity contribution < 1.29 is 0 Å². The molecule has 158 valence electrons. The van der Waals surface area contributed by atoms with Crippen molar-refractivity contribution in [2.45, 2.75) is 46.8 Å². The molecule has 8 heteroatoms. The number of benzene rings is 1. The molecular weight excluding hydrogens is 392 g/mol. The number of hydrogen-bond donors (Lipinski definition) is 1. The summed E-state index contributed by atoms with van der Waals surface area (Å²) in [4.78, 5) is 31.8. The second-order valence-electron chi connectivity index (χ2n) is 7.36. The van der Waals surface area contributed by atoms with Crippen LogP contribution in [0.15, 0.2) is 46.2 Å². The summed E-state index contributed by atoms with van der Waals surface area (Å²) in [6, 6.07) is 8.06. The number of rotatable bonds is 5. The van der Waals surface area contributed by atoms with Gasteiger partial charge in [0.05, 0.1) is 11.8 Å². The lowest BCUT2D eigenvalue weighted by atomic mass is 10.2. The molecule has 3 heterocycles. The van der Waals surface area contributed by atoms with Crippen molar-refractivity contribution in [1.29, 1.82) is 0 Å². The van der Waals surface area contributed by atoms with Crippen molar-refractivity contribution in [3.63, 3.8) is 0 Å². The predicted molar refractivity (Wildman–Crippen MR) is 120 cm³/mol. The van der Waals surface area contributed by atoms with Crippen LogP contribution >= 0.6 is 0 Å². The van der Waals surface area contributed by atoms with Gasteiger partial charge in [0.2, 0.25) is 0 Å². The maximum atomic E-state index is 12.5. The number of hydrogen-bond acceptors (Lipinski definition) is 4. The molecule has 0 radical (unpaired) electrons. The first kappa shape index (κ1) is 20.4. The number of aromatic amines is 1. The summed E-state index contributed by atoms with van der Waals surface area (Å²) < 4.78 is 5.08. The Morgan fingerprint density at radius 1 is 1.10 bits per heavy atom. The third-order valence-electron chi connectivity index (χ3n) is 5.07. The van der Waals surface area contributed by atoms with Crippen LogP contribution in [0.2, 0.25) is 0 Å². The molecule has 0 fully saturated rings. The molecule has 0 saturated carbocycles. The van der Waals surface area contributed by atoms with Gasteiger partial charge in [-0.25, -0.2) is 9.78 Å². The molecule has 0 bridgehead atoms. The smallest absolute Gasteiger partial charge is 0.318 e. The van der Waals surface area contributed by atoms with E-state index >= 15 is 0 Å². The zero-order valence-corrected chi connectivity index (χ0v) is 17.8. The first-order valence-electron chi connectivity index (χ1n) is 10.3. The van der Waals surface area contributed by atoms with Crippen LogP contribution < -0.4 is 11.2 Å². The first-order valence-corrected chi connectivity index (χ1v) is 10.3. The van der Waals surface area contributed by atoms with Gasteiger partial charge in [0.25, 0.3) is 5.56 Å². The van der Waals surface area contributed by atoms with E-state index in [1.54, 1.807) is 10.9 Å². The fourth-order valence-electron chi connectivity index (χ4n) is 3.55. The molecule has 1 aromatic carbocycles. The van der Waals surface area contributed by atoms with Crippen molar-refractivity contribution in [3.8, 4) is 23.2 Å². The SMILES string of the molecule is CCCn1c(-c2cnn(CC#Cc3ccc(C)cc3)c2)nc2c1c(=O)[nH]c(=O)n2CC. The van der Waals surface area contributed by atoms with Crippen LogP contribution in [0.1, 0.15) is 31.4 Å². The van der Waals surface area contributed by atoms with Gasteiger partial charge in [-0.3, -0.25) is 19.0 Å². The van der Waals surface area contributed by atoms with Crippen molar-refractivity contribution in [3.05, 3.63) is 68.6 Å². The summed E-state index contributed by atoms with van der Waals surface area (Å²) in [6.45, 7) is 7.38. The number of fused-ring (bicyclic) bond motifs is 1. The lowest BCUT2D eigenvalue weighted by molar-refractivity contribution is 0.693. The Labute approximate surface area is 179 Å². The summed E-state index contributed by atoms with van der Waals surface area (Å²) in [5.41, 5.74) is 2.86. The number of nitrogens with zero attached hydrogens (tertiary/aromatic N) is 5. The lowest BCUT2D eigenvalue weighted by Gasteiger charge is -2.06. The minimum Gasteiger partial charge on any atom is -0.318 e. The van der Waals surface area contributed by atoms with E-state index in [4.69, 9.17) is 0 Å². The highest BCUT2D eigenvalue weighted by Crippen LogP contribution is 2.22. The molecule has 4 aromatic rings. The number of aromatic nitrogens is 6. The van der Waals surface area contributed by atoms with E-state index in [-0.39, 0.29) is 0 Å². The molecule has 31 heavy (non-hydrogen) atoms. The van der Waals surface area contributed by atoms with Crippen molar-refractivity contribution in [2.24, 2.45) is 0 Å². The molecule has 0 aliphatic heterocycles. The van der Waals surface area contributed by atoms with Crippen LogP contribution in [0.5, 0.6) is 0 Å². The van der Waals surface area contributed by atoms with Crippen LogP contribution in [0.3, 0.4) is 0 Å². The van der Waals surface area contributed by atoms with Gasteiger partial charge in [-0.1, -0.05) is 36.5 Å². The molecule has 4 rings (SSSR count). The fourth-order valence-corrected chi connectivity index (χ4v) is 3.55. The van der Waals surface area contributed by atoms with Gasteiger partial charge in [0, 0.05) is 24.8 Å². The number of H-pyrrole nitrogens is 1. The average molecular weight is 416 g/mol. The van der Waals surface area contributed by atoms with E-state index in [2.05, 4.69) is 26.9 Å². The Bertz CT molecular complexity index is 1410. The summed E-state index contributed by atoms with van der Waals surface area (Å²) >= 11 is 0. The molecule has 3 aromatic heterocycles. The van der Waals surface area contributed by atoms with Crippen LogP contribution in [0, 0.1) is 18.8 Å². The predicted octanol–water partition coefficient (Wildman–Crippen LogP) is 2.54. The third-order valence-corrected chi connectivity index (χ3v) is 5.07. The highest BCUT2D eigenvalue weighted by atomic mass is 16.2. The Morgan fingerprint density at radius 2 is 1.87 bits per heavy atom. The number of imidazole rings is 1. The molecule has 1 N–H and O–H groups in total. The van der Waals surface area contributed by atoms with Gasteiger partial charge in [-0.05, 0) is 32.4 Å². The first-order chi connectivity index (χ1) is 15.0. The maximum Gasteiger partial charge on any atom is 0.330 e. The normalized spacial score (nSPS) is 10.9. The van der Waals surface area contributed by atoms with Gasteiger partial charge in [0.1, 0.15) is 12.4 Å². The quantitative estimate of drug-likeness (QED) is 0.506. The summed E-state index contributed by atoms with van der Waals surface area (Å²) in [7, 11) is 0. The van der Waals surface area contributed by atoms with Gasteiger partial charge in [-0.2, -0.15) is 5.10 Å². The average Bonchev–Trinajstić information content (AvgIpc) is 3.35.